The molecule has 0 aliphatic carbocycles. The molecule has 2 heterocycles. The molecule has 0 unspecified atom stereocenters. The van der Waals surface area contributed by atoms with Gasteiger partial charge in [-0.15, -0.1) is 11.3 Å². The number of nitrogens with zero attached hydrogens (tertiary/aromatic N) is 2. The molecular weight excluding hydrogens is 504 g/mol. The minimum absolute atomic E-state index is 1.02. The molecule has 0 radical (unpaired) electrons. The summed E-state index contributed by atoms with van der Waals surface area (Å²) in [6, 6.07) is 50.2. The van der Waals surface area contributed by atoms with Gasteiger partial charge in [0.25, 0.3) is 0 Å². The molecular formula is C37H24N2S. The van der Waals surface area contributed by atoms with Gasteiger partial charge < -0.3 is 4.90 Å². The lowest BCUT2D eigenvalue weighted by Gasteiger charge is -2.27. The van der Waals surface area contributed by atoms with E-state index in [1.165, 1.54) is 47.8 Å². The Bertz CT molecular complexity index is 2180. The van der Waals surface area contributed by atoms with Gasteiger partial charge in [-0.25, -0.2) is 0 Å². The van der Waals surface area contributed by atoms with Crippen molar-refractivity contribution in [3.05, 3.63) is 146 Å². The van der Waals surface area contributed by atoms with Crippen molar-refractivity contribution < 1.29 is 0 Å². The quantitative estimate of drug-likeness (QED) is 0.226. The summed E-state index contributed by atoms with van der Waals surface area (Å²) in [6.07, 6.45) is 1.84. The Hall–Kier alpha value is -4.99. The second-order valence-corrected chi connectivity index (χ2v) is 11.2. The van der Waals surface area contributed by atoms with Crippen LogP contribution >= 0.6 is 11.3 Å². The molecule has 0 N–H and O–H groups in total. The van der Waals surface area contributed by atoms with Crippen molar-refractivity contribution in [1.82, 2.24) is 4.98 Å². The second-order valence-electron chi connectivity index (χ2n) is 10.1. The maximum atomic E-state index is 4.49. The van der Waals surface area contributed by atoms with Crippen LogP contribution in [0.2, 0.25) is 0 Å². The summed E-state index contributed by atoms with van der Waals surface area (Å²) in [5.74, 6) is 0. The molecule has 0 fully saturated rings. The van der Waals surface area contributed by atoms with Crippen molar-refractivity contribution in [2.24, 2.45) is 0 Å². The minimum Gasteiger partial charge on any atom is -0.310 e. The molecule has 0 aliphatic heterocycles. The molecule has 188 valence electrons. The summed E-state index contributed by atoms with van der Waals surface area (Å²) in [4.78, 5) is 6.88. The number of rotatable bonds is 4. The first-order valence-electron chi connectivity index (χ1n) is 13.5. The van der Waals surface area contributed by atoms with E-state index in [0.717, 1.165) is 22.3 Å². The molecule has 2 nitrogen and oxygen atoms in total. The predicted octanol–water partition coefficient (Wildman–Crippen LogP) is 10.9. The van der Waals surface area contributed by atoms with E-state index in [4.69, 9.17) is 0 Å². The number of anilines is 3. The van der Waals surface area contributed by atoms with Crippen molar-refractivity contribution in [3.63, 3.8) is 0 Å². The summed E-state index contributed by atoms with van der Waals surface area (Å²) in [5, 5.41) is 6.19. The molecule has 6 aromatic carbocycles. The molecule has 0 amide bonds. The van der Waals surface area contributed by atoms with Gasteiger partial charge in [0.2, 0.25) is 0 Å². The lowest BCUT2D eigenvalue weighted by atomic mass is 9.99. The maximum Gasteiger partial charge on any atom is 0.0702 e. The molecule has 8 aromatic rings. The highest BCUT2D eigenvalue weighted by Gasteiger charge is 2.18. The van der Waals surface area contributed by atoms with E-state index in [1.54, 1.807) is 0 Å². The van der Waals surface area contributed by atoms with Crippen molar-refractivity contribution in [2.45, 2.75) is 0 Å². The van der Waals surface area contributed by atoms with Crippen LogP contribution in [0.1, 0.15) is 0 Å². The summed E-state index contributed by atoms with van der Waals surface area (Å²) in [7, 11) is 0. The van der Waals surface area contributed by atoms with Crippen LogP contribution in [0.4, 0.5) is 17.1 Å². The monoisotopic (exact) mass is 528 g/mol. The van der Waals surface area contributed by atoms with Crippen LogP contribution in [0.25, 0.3) is 53.0 Å². The van der Waals surface area contributed by atoms with Crippen LogP contribution in [0.15, 0.2) is 146 Å². The summed E-state index contributed by atoms with van der Waals surface area (Å²) in [5.41, 5.74) is 6.89. The number of pyridine rings is 1. The Morgan fingerprint density at radius 3 is 2.20 bits per heavy atom. The second kappa shape index (κ2) is 9.33. The third kappa shape index (κ3) is 3.83. The molecule has 0 spiro atoms. The molecule has 0 saturated heterocycles. The predicted molar refractivity (Wildman–Crippen MR) is 172 cm³/mol. The van der Waals surface area contributed by atoms with Crippen LogP contribution in [0.5, 0.6) is 0 Å². The topological polar surface area (TPSA) is 16.1 Å². The van der Waals surface area contributed by atoms with Gasteiger partial charge in [-0.3, -0.25) is 4.98 Å². The van der Waals surface area contributed by atoms with Gasteiger partial charge in [-0.05, 0) is 88.6 Å². The van der Waals surface area contributed by atoms with Gasteiger partial charge in [0.15, 0.2) is 0 Å². The zero-order valence-corrected chi connectivity index (χ0v) is 22.5. The molecule has 0 saturated carbocycles. The third-order valence-corrected chi connectivity index (χ3v) is 8.79. The van der Waals surface area contributed by atoms with E-state index >= 15 is 0 Å². The van der Waals surface area contributed by atoms with Gasteiger partial charge in [-0.1, -0.05) is 72.8 Å². The first-order chi connectivity index (χ1) is 19.8. The van der Waals surface area contributed by atoms with Crippen LogP contribution < -0.4 is 4.90 Å². The van der Waals surface area contributed by atoms with Gasteiger partial charge in [0.05, 0.1) is 11.2 Å². The van der Waals surface area contributed by atoms with E-state index in [-0.39, 0.29) is 0 Å². The number of thiophene rings is 1. The first kappa shape index (κ1) is 22.9. The Morgan fingerprint density at radius 2 is 1.27 bits per heavy atom. The number of hydrogen-bond donors (Lipinski definition) is 0. The number of para-hydroxylation sites is 1. The number of benzene rings is 6. The molecule has 2 aromatic heterocycles. The van der Waals surface area contributed by atoms with Crippen LogP contribution in [0.3, 0.4) is 0 Å². The average molecular weight is 529 g/mol. The fraction of sp³-hybridized carbons (Fsp3) is 0. The summed E-state index contributed by atoms with van der Waals surface area (Å²) < 4.78 is 2.61. The number of fused-ring (bicyclic) bond motifs is 5. The van der Waals surface area contributed by atoms with Gasteiger partial charge in [0, 0.05) is 43.1 Å². The average Bonchev–Trinajstić information content (AvgIpc) is 3.41. The van der Waals surface area contributed by atoms with E-state index < -0.39 is 0 Å². The van der Waals surface area contributed by atoms with Gasteiger partial charge in [0.1, 0.15) is 0 Å². The largest absolute Gasteiger partial charge is 0.310 e. The van der Waals surface area contributed by atoms with E-state index in [2.05, 4.69) is 143 Å². The highest BCUT2D eigenvalue weighted by atomic mass is 32.1. The Labute approximate surface area is 236 Å². The Morgan fingerprint density at radius 1 is 0.500 bits per heavy atom. The van der Waals surface area contributed by atoms with Crippen molar-refractivity contribution in [3.8, 4) is 11.1 Å². The van der Waals surface area contributed by atoms with Crippen LogP contribution in [0, 0.1) is 0 Å². The fourth-order valence-electron chi connectivity index (χ4n) is 5.75. The van der Waals surface area contributed by atoms with Gasteiger partial charge >= 0.3 is 0 Å². The van der Waals surface area contributed by atoms with E-state index in [1.807, 2.05) is 23.6 Å². The molecule has 40 heavy (non-hydrogen) atoms. The number of aromatic nitrogens is 1. The molecule has 0 aliphatic rings. The highest BCUT2D eigenvalue weighted by Crippen LogP contribution is 2.45. The lowest BCUT2D eigenvalue weighted by molar-refractivity contribution is 1.31. The molecule has 8 rings (SSSR count). The smallest absolute Gasteiger partial charge is 0.0702 e. The Kier molecular flexibility index (Phi) is 5.35. The van der Waals surface area contributed by atoms with E-state index in [9.17, 15) is 0 Å². The zero-order valence-electron chi connectivity index (χ0n) is 21.7. The van der Waals surface area contributed by atoms with Crippen molar-refractivity contribution in [2.75, 3.05) is 4.90 Å². The SMILES string of the molecule is c1ccc(N(c2ccc3ccc(-c4ccc5ncccc5c4)cc3c2)c2cccc3sc4ccccc4c23)cc1. The summed E-state index contributed by atoms with van der Waals surface area (Å²) >= 11 is 1.86. The van der Waals surface area contributed by atoms with Crippen LogP contribution in [-0.4, -0.2) is 4.98 Å². The summed E-state index contributed by atoms with van der Waals surface area (Å²) in [6.45, 7) is 0. The normalized spacial score (nSPS) is 11.5. The molecule has 0 atom stereocenters. The van der Waals surface area contributed by atoms with Gasteiger partial charge in [-0.2, -0.15) is 0 Å². The minimum atomic E-state index is 1.02. The molecule has 0 bridgehead atoms. The standard InChI is InChI=1S/C37H24N2S/c1-2-9-30(10-3-1)39(34-12-6-14-36-37(34)32-11-4-5-13-35(32)40-36)31-19-17-25-15-16-26(23-29(25)24-31)27-18-20-33-28(22-27)8-7-21-38-33/h1-24H. The highest BCUT2D eigenvalue weighted by molar-refractivity contribution is 7.26. The van der Waals surface area contributed by atoms with Crippen molar-refractivity contribution in [1.29, 1.82) is 0 Å². The Balaban J connectivity index is 1.32. The number of hydrogen-bond acceptors (Lipinski definition) is 3. The fourth-order valence-corrected chi connectivity index (χ4v) is 6.88. The van der Waals surface area contributed by atoms with E-state index in [0.29, 0.717) is 0 Å². The lowest BCUT2D eigenvalue weighted by Crippen LogP contribution is -2.10. The zero-order chi connectivity index (χ0) is 26.5. The van der Waals surface area contributed by atoms with Crippen molar-refractivity contribution >= 4 is 70.2 Å². The van der Waals surface area contributed by atoms with Crippen LogP contribution in [-0.2, 0) is 0 Å². The first-order valence-corrected chi connectivity index (χ1v) is 14.3. The maximum absolute atomic E-state index is 4.49. The molecule has 3 heteroatoms. The third-order valence-electron chi connectivity index (χ3n) is 7.65.